The fourth-order valence-electron chi connectivity index (χ4n) is 7.55. The van der Waals surface area contributed by atoms with E-state index in [1.165, 1.54) is 10.4 Å². The molecule has 1 unspecified atom stereocenters. The number of hydrogen-bond donors (Lipinski definition) is 3. The topological polar surface area (TPSA) is 97.8 Å². The summed E-state index contributed by atoms with van der Waals surface area (Å²) in [5.74, 6) is -0.237. The van der Waals surface area contributed by atoms with Gasteiger partial charge in [-0.3, -0.25) is 19.8 Å². The molecule has 0 bridgehead atoms. The molecule has 1 aromatic carbocycles. The van der Waals surface area contributed by atoms with Gasteiger partial charge in [0.05, 0.1) is 11.8 Å². The lowest BCUT2D eigenvalue weighted by molar-refractivity contribution is -0.134. The van der Waals surface area contributed by atoms with Crippen molar-refractivity contribution in [1.82, 2.24) is 20.1 Å². The van der Waals surface area contributed by atoms with Gasteiger partial charge in [-0.2, -0.15) is 0 Å². The molecule has 6 atom stereocenters. The Morgan fingerprint density at radius 3 is 2.54 bits per heavy atom. The standard InChI is InChI=1S/C32H45N5O3S/c1-19(29(39)33-23-9-10-23)24-11-12-32(3)17-25-27(20(2)26(32)28(24)38)34-31(41-25)35-30(40)22-7-5-21(6-8-22)18-37-15-13-36(4)14-16-37/h5-8,19-20,23-24,26,28,38H,9-18H2,1-4H3,(H,33,39)(H,34,35,40)/t19-,20-,24?,26+,28-,32-/m0/s1. The first kappa shape index (κ1) is 28.8. The van der Waals surface area contributed by atoms with Gasteiger partial charge in [-0.1, -0.05) is 32.9 Å². The zero-order chi connectivity index (χ0) is 28.9. The molecule has 2 saturated carbocycles. The number of aliphatic hydroxyl groups excluding tert-OH is 1. The summed E-state index contributed by atoms with van der Waals surface area (Å²) in [6.45, 7) is 11.6. The number of hydrogen-bond acceptors (Lipinski definition) is 7. The number of piperazine rings is 1. The summed E-state index contributed by atoms with van der Waals surface area (Å²) < 4.78 is 0. The van der Waals surface area contributed by atoms with E-state index >= 15 is 0 Å². The van der Waals surface area contributed by atoms with Crippen LogP contribution in [0.2, 0.25) is 0 Å². The smallest absolute Gasteiger partial charge is 0.257 e. The third kappa shape index (κ3) is 5.96. The lowest BCUT2D eigenvalue weighted by Gasteiger charge is -2.53. The van der Waals surface area contributed by atoms with Crippen molar-refractivity contribution in [3.8, 4) is 0 Å². The molecular formula is C32H45N5O3S. The van der Waals surface area contributed by atoms with Crippen LogP contribution in [0.3, 0.4) is 0 Å². The molecule has 0 radical (unpaired) electrons. The van der Waals surface area contributed by atoms with Crippen molar-refractivity contribution in [1.29, 1.82) is 0 Å². The Kier molecular flexibility index (Phi) is 8.00. The number of likely N-dealkylation sites (N-methyl/N-ethyl adjacent to an activating group) is 1. The van der Waals surface area contributed by atoms with Crippen LogP contribution in [0.1, 0.15) is 78.9 Å². The average Bonchev–Trinajstić information content (AvgIpc) is 3.67. The van der Waals surface area contributed by atoms with Crippen LogP contribution in [0.4, 0.5) is 5.13 Å². The van der Waals surface area contributed by atoms with Gasteiger partial charge in [-0.25, -0.2) is 4.98 Å². The molecule has 1 aliphatic heterocycles. The van der Waals surface area contributed by atoms with E-state index in [1.807, 2.05) is 19.1 Å². The Balaban J connectivity index is 1.11. The van der Waals surface area contributed by atoms with Crippen LogP contribution in [0.25, 0.3) is 0 Å². The van der Waals surface area contributed by atoms with Crippen LogP contribution in [0, 0.1) is 23.2 Å². The molecule has 9 heteroatoms. The number of nitrogens with one attached hydrogen (secondary N) is 2. The molecule has 4 aliphatic rings. The van der Waals surface area contributed by atoms with Crippen molar-refractivity contribution >= 4 is 28.3 Å². The van der Waals surface area contributed by atoms with Crippen LogP contribution >= 0.6 is 11.3 Å². The van der Waals surface area contributed by atoms with Crippen LogP contribution in [0.15, 0.2) is 24.3 Å². The first-order valence-electron chi connectivity index (χ1n) is 15.4. The van der Waals surface area contributed by atoms with Crippen LogP contribution in [0.5, 0.6) is 0 Å². The Morgan fingerprint density at radius 2 is 1.85 bits per heavy atom. The van der Waals surface area contributed by atoms with Crippen LogP contribution < -0.4 is 10.6 Å². The van der Waals surface area contributed by atoms with Gasteiger partial charge in [-0.15, -0.1) is 11.3 Å². The molecule has 1 aromatic heterocycles. The quantitative estimate of drug-likeness (QED) is 0.457. The highest BCUT2D eigenvalue weighted by molar-refractivity contribution is 7.15. The first-order chi connectivity index (χ1) is 19.6. The number of anilines is 1. The van der Waals surface area contributed by atoms with E-state index in [0.29, 0.717) is 16.7 Å². The summed E-state index contributed by atoms with van der Waals surface area (Å²) in [5, 5.41) is 18.5. The second-order valence-corrected chi connectivity index (χ2v) is 14.6. The van der Waals surface area contributed by atoms with Crippen molar-refractivity contribution in [2.45, 2.75) is 77.5 Å². The fraction of sp³-hybridized carbons (Fsp3) is 0.656. The Hall–Kier alpha value is -2.33. The minimum Gasteiger partial charge on any atom is -0.392 e. The zero-order valence-electron chi connectivity index (χ0n) is 24.9. The number of nitrogens with zero attached hydrogens (tertiary/aromatic N) is 3. The molecule has 3 N–H and O–H groups in total. The molecule has 2 aromatic rings. The van der Waals surface area contributed by atoms with Gasteiger partial charge < -0.3 is 15.3 Å². The number of rotatable bonds is 7. The summed E-state index contributed by atoms with van der Waals surface area (Å²) in [6.07, 6.45) is 4.25. The molecule has 222 valence electrons. The summed E-state index contributed by atoms with van der Waals surface area (Å²) in [7, 11) is 2.16. The van der Waals surface area contributed by atoms with E-state index in [-0.39, 0.29) is 40.9 Å². The SMILES string of the molecule is C[C@H](C(=O)NC1CC1)C1CC[C@@]2(C)Cc3sc(NC(=O)c4ccc(CN5CCN(C)CC5)cc4)nc3[C@@H](C)[C@@H]2[C@H]1O. The van der Waals surface area contributed by atoms with E-state index in [1.54, 1.807) is 11.3 Å². The minimum absolute atomic E-state index is 0.0309. The maximum atomic E-state index is 13.1. The number of thiazole rings is 1. The number of benzene rings is 1. The third-order valence-corrected chi connectivity index (χ3v) is 11.3. The van der Waals surface area contributed by atoms with Gasteiger partial charge in [0.2, 0.25) is 5.91 Å². The monoisotopic (exact) mass is 579 g/mol. The van der Waals surface area contributed by atoms with Crippen LogP contribution in [-0.2, 0) is 17.8 Å². The highest BCUT2D eigenvalue weighted by Gasteiger charge is 2.54. The van der Waals surface area contributed by atoms with Crippen molar-refractivity contribution < 1.29 is 14.7 Å². The Morgan fingerprint density at radius 1 is 1.15 bits per heavy atom. The fourth-order valence-corrected chi connectivity index (χ4v) is 8.81. The molecule has 2 heterocycles. The predicted octanol–water partition coefficient (Wildman–Crippen LogP) is 4.11. The van der Waals surface area contributed by atoms with Gasteiger partial charge in [0, 0.05) is 61.0 Å². The van der Waals surface area contributed by atoms with E-state index in [4.69, 9.17) is 4.98 Å². The lowest BCUT2D eigenvalue weighted by atomic mass is 9.53. The summed E-state index contributed by atoms with van der Waals surface area (Å²) >= 11 is 1.57. The molecule has 3 aliphatic carbocycles. The van der Waals surface area contributed by atoms with Gasteiger partial charge in [0.15, 0.2) is 5.13 Å². The van der Waals surface area contributed by atoms with Crippen molar-refractivity contribution in [2.75, 3.05) is 38.5 Å². The highest BCUT2D eigenvalue weighted by atomic mass is 32.1. The Labute approximate surface area is 247 Å². The van der Waals surface area contributed by atoms with Crippen LogP contribution in [-0.4, -0.2) is 77.1 Å². The molecule has 2 amide bonds. The number of carbonyl (C=O) groups is 2. The molecule has 41 heavy (non-hydrogen) atoms. The normalized spacial score (nSPS) is 31.1. The van der Waals surface area contributed by atoms with Gasteiger partial charge in [0.25, 0.3) is 5.91 Å². The number of aromatic nitrogens is 1. The second kappa shape index (κ2) is 11.4. The molecule has 0 spiro atoms. The molecule has 6 rings (SSSR count). The van der Waals surface area contributed by atoms with Gasteiger partial charge >= 0.3 is 0 Å². The van der Waals surface area contributed by atoms with E-state index < -0.39 is 6.10 Å². The number of carbonyl (C=O) groups excluding carboxylic acids is 2. The van der Waals surface area contributed by atoms with Gasteiger partial charge in [0.1, 0.15) is 0 Å². The molecular weight excluding hydrogens is 534 g/mol. The van der Waals surface area contributed by atoms with E-state index in [0.717, 1.165) is 70.5 Å². The number of fused-ring (bicyclic) bond motifs is 2. The average molecular weight is 580 g/mol. The zero-order valence-corrected chi connectivity index (χ0v) is 25.7. The van der Waals surface area contributed by atoms with Crippen molar-refractivity contribution in [3.05, 3.63) is 46.0 Å². The summed E-state index contributed by atoms with van der Waals surface area (Å²) in [4.78, 5) is 36.9. The second-order valence-electron chi connectivity index (χ2n) is 13.5. The van der Waals surface area contributed by atoms with E-state index in [9.17, 15) is 14.7 Å². The first-order valence-corrected chi connectivity index (χ1v) is 16.2. The third-order valence-electron chi connectivity index (χ3n) is 10.3. The number of amides is 2. The van der Waals surface area contributed by atoms with Crippen molar-refractivity contribution in [3.63, 3.8) is 0 Å². The predicted molar refractivity (Wildman–Crippen MR) is 162 cm³/mol. The molecule has 8 nitrogen and oxygen atoms in total. The number of aliphatic hydroxyl groups is 1. The minimum atomic E-state index is -0.555. The van der Waals surface area contributed by atoms with Crippen molar-refractivity contribution in [2.24, 2.45) is 23.2 Å². The van der Waals surface area contributed by atoms with E-state index in [2.05, 4.69) is 53.5 Å². The highest BCUT2D eigenvalue weighted by Crippen LogP contribution is 2.57. The maximum Gasteiger partial charge on any atom is 0.257 e. The maximum absolute atomic E-state index is 13.1. The Bertz CT molecular complexity index is 1270. The molecule has 1 saturated heterocycles. The largest absolute Gasteiger partial charge is 0.392 e. The summed E-state index contributed by atoms with van der Waals surface area (Å²) in [6, 6.07) is 8.25. The molecule has 3 fully saturated rings. The lowest BCUT2D eigenvalue weighted by Crippen LogP contribution is -2.53. The van der Waals surface area contributed by atoms with Gasteiger partial charge in [-0.05, 0) is 74.1 Å². The summed E-state index contributed by atoms with van der Waals surface area (Å²) in [5.41, 5.74) is 2.79.